The SMILES string of the molecule is C1C[C@H]2COC1CN2.CC. The highest BCUT2D eigenvalue weighted by Crippen LogP contribution is 2.17. The lowest BCUT2D eigenvalue weighted by molar-refractivity contribution is -0.0385. The van der Waals surface area contributed by atoms with Crippen LogP contribution in [0.5, 0.6) is 0 Å². The first-order valence-electron chi connectivity index (χ1n) is 4.30. The Balaban J connectivity index is 0.000000231. The molecule has 0 aromatic rings. The van der Waals surface area contributed by atoms with Crippen LogP contribution >= 0.6 is 0 Å². The molecule has 3 heterocycles. The zero-order chi connectivity index (χ0) is 7.40. The van der Waals surface area contributed by atoms with Crippen LogP contribution < -0.4 is 5.32 Å². The van der Waals surface area contributed by atoms with E-state index in [1.165, 1.54) is 12.8 Å². The first-order valence-corrected chi connectivity index (χ1v) is 4.30. The minimum Gasteiger partial charge on any atom is -0.375 e. The minimum atomic E-state index is 0.542. The van der Waals surface area contributed by atoms with Gasteiger partial charge in [0.1, 0.15) is 0 Å². The summed E-state index contributed by atoms with van der Waals surface area (Å²) in [5.74, 6) is 0. The van der Waals surface area contributed by atoms with Crippen molar-refractivity contribution in [2.45, 2.75) is 38.8 Å². The minimum absolute atomic E-state index is 0.542. The van der Waals surface area contributed by atoms with E-state index in [2.05, 4.69) is 5.32 Å². The van der Waals surface area contributed by atoms with Crippen molar-refractivity contribution in [2.75, 3.05) is 13.2 Å². The molecule has 2 atom stereocenters. The van der Waals surface area contributed by atoms with Crippen LogP contribution in [0.4, 0.5) is 0 Å². The number of hydrogen-bond donors (Lipinski definition) is 1. The van der Waals surface area contributed by atoms with Crippen LogP contribution in [0.1, 0.15) is 26.7 Å². The lowest BCUT2D eigenvalue weighted by Crippen LogP contribution is -2.51. The van der Waals surface area contributed by atoms with Crippen molar-refractivity contribution in [3.05, 3.63) is 0 Å². The standard InChI is InChI=1S/C6H11NO.C2H6/c1-2-6-3-7-5(1)4-8-6;1-2/h5-7H,1-4H2;1-2H3/t5-,6?;/m0./s1. The molecule has 3 saturated heterocycles. The van der Waals surface area contributed by atoms with Gasteiger partial charge in [-0.15, -0.1) is 0 Å². The number of nitrogens with one attached hydrogen (secondary N) is 1. The second-order valence-corrected chi connectivity index (χ2v) is 2.64. The monoisotopic (exact) mass is 143 g/mol. The Labute approximate surface area is 63.0 Å². The number of hydrogen-bond acceptors (Lipinski definition) is 2. The van der Waals surface area contributed by atoms with Crippen LogP contribution in [-0.4, -0.2) is 25.3 Å². The highest BCUT2D eigenvalue weighted by molar-refractivity contribution is 4.83. The van der Waals surface area contributed by atoms with Gasteiger partial charge >= 0.3 is 0 Å². The zero-order valence-electron chi connectivity index (χ0n) is 6.89. The first kappa shape index (κ1) is 8.02. The van der Waals surface area contributed by atoms with Crippen LogP contribution in [0.25, 0.3) is 0 Å². The van der Waals surface area contributed by atoms with E-state index in [-0.39, 0.29) is 0 Å². The van der Waals surface area contributed by atoms with Crippen LogP contribution in [0.3, 0.4) is 0 Å². The van der Waals surface area contributed by atoms with E-state index in [1.54, 1.807) is 0 Å². The number of rotatable bonds is 0. The Morgan fingerprint density at radius 3 is 2.20 bits per heavy atom. The smallest absolute Gasteiger partial charge is 0.0700 e. The van der Waals surface area contributed by atoms with Gasteiger partial charge in [-0.1, -0.05) is 13.8 Å². The molecule has 2 nitrogen and oxygen atoms in total. The zero-order valence-corrected chi connectivity index (χ0v) is 6.89. The molecule has 0 aliphatic carbocycles. The quantitative estimate of drug-likeness (QED) is 0.549. The molecule has 2 heteroatoms. The first-order chi connectivity index (χ1) is 4.95. The third kappa shape index (κ3) is 1.70. The predicted molar refractivity (Wildman–Crippen MR) is 42.1 cm³/mol. The van der Waals surface area contributed by atoms with Gasteiger partial charge in [0.25, 0.3) is 0 Å². The van der Waals surface area contributed by atoms with Crippen molar-refractivity contribution in [1.29, 1.82) is 0 Å². The molecule has 3 fully saturated rings. The molecule has 2 bridgehead atoms. The molecule has 0 amide bonds. The molecular formula is C8H17NO. The van der Waals surface area contributed by atoms with Gasteiger partial charge in [-0.05, 0) is 12.8 Å². The molecule has 0 spiro atoms. The Kier molecular flexibility index (Phi) is 3.16. The largest absolute Gasteiger partial charge is 0.375 e. The molecule has 0 aromatic heterocycles. The molecule has 10 heavy (non-hydrogen) atoms. The summed E-state index contributed by atoms with van der Waals surface area (Å²) in [6.45, 7) is 6.04. The molecule has 1 N–H and O–H groups in total. The molecule has 1 unspecified atom stereocenters. The summed E-state index contributed by atoms with van der Waals surface area (Å²) in [4.78, 5) is 0. The fraction of sp³-hybridized carbons (Fsp3) is 1.00. The van der Waals surface area contributed by atoms with E-state index in [0.717, 1.165) is 13.2 Å². The van der Waals surface area contributed by atoms with Gasteiger partial charge in [0.05, 0.1) is 12.7 Å². The second kappa shape index (κ2) is 3.94. The maximum Gasteiger partial charge on any atom is 0.0700 e. The second-order valence-electron chi connectivity index (χ2n) is 2.64. The molecule has 0 aromatic carbocycles. The third-order valence-corrected chi connectivity index (χ3v) is 2.00. The number of morpholine rings is 1. The topological polar surface area (TPSA) is 21.3 Å². The van der Waals surface area contributed by atoms with Gasteiger partial charge in [-0.3, -0.25) is 0 Å². The molecule has 0 saturated carbocycles. The van der Waals surface area contributed by atoms with Crippen molar-refractivity contribution in [1.82, 2.24) is 5.32 Å². The summed E-state index contributed by atoms with van der Waals surface area (Å²) in [6.07, 6.45) is 3.14. The Hall–Kier alpha value is -0.0800. The van der Waals surface area contributed by atoms with Crippen molar-refractivity contribution in [3.8, 4) is 0 Å². The van der Waals surface area contributed by atoms with E-state index in [1.807, 2.05) is 13.8 Å². The Bertz CT molecular complexity index is 64.2. The van der Waals surface area contributed by atoms with Crippen LogP contribution in [0, 0.1) is 0 Å². The summed E-state index contributed by atoms with van der Waals surface area (Å²) < 4.78 is 5.41. The van der Waals surface area contributed by atoms with Crippen LogP contribution in [0.15, 0.2) is 0 Å². The van der Waals surface area contributed by atoms with E-state index in [4.69, 9.17) is 4.74 Å². The van der Waals surface area contributed by atoms with Gasteiger partial charge in [-0.2, -0.15) is 0 Å². The molecule has 3 aliphatic heterocycles. The summed E-state index contributed by atoms with van der Waals surface area (Å²) in [5, 5.41) is 3.39. The maximum atomic E-state index is 5.41. The lowest BCUT2D eigenvalue weighted by atomic mass is 10.0. The molecule has 0 radical (unpaired) electrons. The average Bonchev–Trinajstić information content (AvgIpc) is 2.11. The fourth-order valence-electron chi connectivity index (χ4n) is 1.43. The average molecular weight is 143 g/mol. The van der Waals surface area contributed by atoms with E-state index in [0.29, 0.717) is 12.1 Å². The number of ether oxygens (including phenoxy) is 1. The normalized spacial score (nSPS) is 36.6. The summed E-state index contributed by atoms with van der Waals surface area (Å²) in [6, 6.07) is 0.681. The maximum absolute atomic E-state index is 5.41. The summed E-state index contributed by atoms with van der Waals surface area (Å²) in [5.41, 5.74) is 0. The van der Waals surface area contributed by atoms with Gasteiger partial charge < -0.3 is 10.1 Å². The highest BCUT2D eigenvalue weighted by atomic mass is 16.5. The van der Waals surface area contributed by atoms with Crippen molar-refractivity contribution in [3.63, 3.8) is 0 Å². The molecule has 3 rings (SSSR count). The van der Waals surface area contributed by atoms with Gasteiger partial charge in [0.2, 0.25) is 0 Å². The Morgan fingerprint density at radius 1 is 1.30 bits per heavy atom. The Morgan fingerprint density at radius 2 is 2.10 bits per heavy atom. The van der Waals surface area contributed by atoms with Crippen molar-refractivity contribution < 1.29 is 4.74 Å². The van der Waals surface area contributed by atoms with Crippen LogP contribution in [0.2, 0.25) is 0 Å². The van der Waals surface area contributed by atoms with Gasteiger partial charge in [-0.25, -0.2) is 0 Å². The highest BCUT2D eigenvalue weighted by Gasteiger charge is 2.26. The lowest BCUT2D eigenvalue weighted by Gasteiger charge is -2.36. The van der Waals surface area contributed by atoms with E-state index in [9.17, 15) is 0 Å². The third-order valence-electron chi connectivity index (χ3n) is 2.00. The number of piperidine rings is 1. The van der Waals surface area contributed by atoms with Gasteiger partial charge in [0.15, 0.2) is 0 Å². The molecule has 3 aliphatic rings. The number of fused-ring (bicyclic) bond motifs is 3. The molecule has 60 valence electrons. The van der Waals surface area contributed by atoms with E-state index >= 15 is 0 Å². The summed E-state index contributed by atoms with van der Waals surface area (Å²) >= 11 is 0. The van der Waals surface area contributed by atoms with Gasteiger partial charge in [0, 0.05) is 12.6 Å². The summed E-state index contributed by atoms with van der Waals surface area (Å²) in [7, 11) is 0. The molecular weight excluding hydrogens is 126 g/mol. The fourth-order valence-corrected chi connectivity index (χ4v) is 1.43. The predicted octanol–water partition coefficient (Wildman–Crippen LogP) is 1.16. The van der Waals surface area contributed by atoms with Crippen molar-refractivity contribution >= 4 is 0 Å². The van der Waals surface area contributed by atoms with Crippen LogP contribution in [-0.2, 0) is 4.74 Å². The van der Waals surface area contributed by atoms with E-state index < -0.39 is 0 Å². The van der Waals surface area contributed by atoms with Crippen molar-refractivity contribution in [2.24, 2.45) is 0 Å².